The third-order valence-corrected chi connectivity index (χ3v) is 5.91. The SMILES string of the molecule is Cc1csc(N2CCN(Cc3cc(C)c(OC(C)(C)C(=O)O)c(C)c3)C2=O)c1. The molecule has 2 aromatic rings. The van der Waals surface area contributed by atoms with Crippen LogP contribution in [0.2, 0.25) is 0 Å². The molecule has 150 valence electrons. The molecule has 0 spiro atoms. The molecule has 1 saturated heterocycles. The Morgan fingerprint density at radius 3 is 2.36 bits per heavy atom. The van der Waals surface area contributed by atoms with Gasteiger partial charge in [0.1, 0.15) is 5.75 Å². The Hall–Kier alpha value is -2.54. The van der Waals surface area contributed by atoms with Crippen molar-refractivity contribution >= 4 is 28.3 Å². The maximum absolute atomic E-state index is 12.8. The van der Waals surface area contributed by atoms with Crippen LogP contribution in [0.1, 0.15) is 36.1 Å². The topological polar surface area (TPSA) is 70.1 Å². The predicted octanol–water partition coefficient (Wildman–Crippen LogP) is 4.36. The fourth-order valence-electron chi connectivity index (χ4n) is 3.30. The van der Waals surface area contributed by atoms with E-state index >= 15 is 0 Å². The molecule has 0 atom stereocenters. The molecule has 1 aliphatic heterocycles. The quantitative estimate of drug-likeness (QED) is 0.779. The number of anilines is 1. The first kappa shape index (κ1) is 20.2. The Labute approximate surface area is 169 Å². The van der Waals surface area contributed by atoms with Gasteiger partial charge in [-0.05, 0) is 68.3 Å². The van der Waals surface area contributed by atoms with Crippen molar-refractivity contribution in [2.75, 3.05) is 18.0 Å². The molecule has 0 unspecified atom stereocenters. The lowest BCUT2D eigenvalue weighted by atomic mass is 10.0. The maximum Gasteiger partial charge on any atom is 0.347 e. The number of benzene rings is 1. The van der Waals surface area contributed by atoms with Crippen LogP contribution in [0.25, 0.3) is 0 Å². The number of carboxylic acid groups (broad SMARTS) is 1. The Bertz CT molecular complexity index is 896. The second-order valence-electron chi connectivity index (χ2n) is 7.79. The molecule has 7 heteroatoms. The summed E-state index contributed by atoms with van der Waals surface area (Å²) in [7, 11) is 0. The number of amides is 2. The summed E-state index contributed by atoms with van der Waals surface area (Å²) < 4.78 is 5.76. The van der Waals surface area contributed by atoms with E-state index in [1.54, 1.807) is 11.3 Å². The molecule has 2 amide bonds. The van der Waals surface area contributed by atoms with Crippen LogP contribution < -0.4 is 9.64 Å². The van der Waals surface area contributed by atoms with Gasteiger partial charge in [-0.15, -0.1) is 11.3 Å². The summed E-state index contributed by atoms with van der Waals surface area (Å²) in [6.07, 6.45) is 0. The number of nitrogens with zero attached hydrogens (tertiary/aromatic N) is 2. The molecule has 0 radical (unpaired) electrons. The van der Waals surface area contributed by atoms with Crippen LogP contribution in [0.5, 0.6) is 5.75 Å². The van der Waals surface area contributed by atoms with E-state index in [4.69, 9.17) is 4.74 Å². The Morgan fingerprint density at radius 1 is 1.18 bits per heavy atom. The first-order chi connectivity index (χ1) is 13.1. The summed E-state index contributed by atoms with van der Waals surface area (Å²) in [5, 5.41) is 12.3. The number of hydrogen-bond donors (Lipinski definition) is 1. The number of aliphatic carboxylic acids is 1. The monoisotopic (exact) mass is 402 g/mol. The first-order valence-corrected chi connectivity index (χ1v) is 10.1. The average molecular weight is 403 g/mol. The van der Waals surface area contributed by atoms with E-state index in [-0.39, 0.29) is 6.03 Å². The van der Waals surface area contributed by atoms with Crippen molar-refractivity contribution in [2.45, 2.75) is 46.8 Å². The molecule has 0 aliphatic carbocycles. The number of ether oxygens (including phenoxy) is 1. The van der Waals surface area contributed by atoms with E-state index in [9.17, 15) is 14.7 Å². The van der Waals surface area contributed by atoms with Gasteiger partial charge in [-0.3, -0.25) is 4.90 Å². The van der Waals surface area contributed by atoms with Gasteiger partial charge >= 0.3 is 12.0 Å². The third kappa shape index (κ3) is 3.99. The molecule has 1 aromatic heterocycles. The van der Waals surface area contributed by atoms with Crippen LogP contribution in [0.4, 0.5) is 9.80 Å². The van der Waals surface area contributed by atoms with Crippen molar-refractivity contribution in [3.63, 3.8) is 0 Å². The summed E-state index contributed by atoms with van der Waals surface area (Å²) in [5.41, 5.74) is 2.59. The molecule has 1 aromatic carbocycles. The largest absolute Gasteiger partial charge is 0.478 e. The number of carbonyl (C=O) groups excluding carboxylic acids is 1. The number of hydrogen-bond acceptors (Lipinski definition) is 4. The molecule has 28 heavy (non-hydrogen) atoms. The molecule has 2 heterocycles. The van der Waals surface area contributed by atoms with Crippen LogP contribution in [-0.4, -0.2) is 40.7 Å². The van der Waals surface area contributed by atoms with Gasteiger partial charge < -0.3 is 14.7 Å². The number of carboxylic acids is 1. The highest BCUT2D eigenvalue weighted by Gasteiger charge is 2.32. The highest BCUT2D eigenvalue weighted by molar-refractivity contribution is 7.14. The summed E-state index contributed by atoms with van der Waals surface area (Å²) in [6.45, 7) is 10.8. The lowest BCUT2D eigenvalue weighted by Crippen LogP contribution is -2.38. The molecule has 1 fully saturated rings. The second kappa shape index (κ2) is 7.47. The number of thiophene rings is 1. The van der Waals surface area contributed by atoms with Crippen molar-refractivity contribution in [2.24, 2.45) is 0 Å². The van der Waals surface area contributed by atoms with E-state index in [1.807, 2.05) is 48.8 Å². The minimum Gasteiger partial charge on any atom is -0.478 e. The number of aryl methyl sites for hydroxylation is 3. The van der Waals surface area contributed by atoms with E-state index in [0.717, 1.165) is 27.3 Å². The Balaban J connectivity index is 1.75. The van der Waals surface area contributed by atoms with E-state index < -0.39 is 11.6 Å². The van der Waals surface area contributed by atoms with Gasteiger partial charge in [0.25, 0.3) is 0 Å². The van der Waals surface area contributed by atoms with Crippen LogP contribution in [0, 0.1) is 20.8 Å². The normalized spacial score (nSPS) is 14.7. The number of urea groups is 1. The Morgan fingerprint density at radius 2 is 1.82 bits per heavy atom. The molecule has 0 saturated carbocycles. The van der Waals surface area contributed by atoms with Gasteiger partial charge in [0.2, 0.25) is 0 Å². The minimum atomic E-state index is -1.30. The summed E-state index contributed by atoms with van der Waals surface area (Å²) in [4.78, 5) is 27.8. The van der Waals surface area contributed by atoms with E-state index in [2.05, 4.69) is 5.38 Å². The average Bonchev–Trinajstić information content (AvgIpc) is 3.17. The minimum absolute atomic E-state index is 0.0180. The zero-order chi connectivity index (χ0) is 20.6. The van der Waals surface area contributed by atoms with Gasteiger partial charge in [-0.1, -0.05) is 12.1 Å². The van der Waals surface area contributed by atoms with E-state index in [0.29, 0.717) is 25.4 Å². The fraction of sp³-hybridized carbons (Fsp3) is 0.429. The Kier molecular flexibility index (Phi) is 5.39. The second-order valence-corrected chi connectivity index (χ2v) is 8.68. The van der Waals surface area contributed by atoms with Crippen molar-refractivity contribution in [1.82, 2.24) is 4.90 Å². The maximum atomic E-state index is 12.8. The van der Waals surface area contributed by atoms with Crippen LogP contribution in [0.3, 0.4) is 0 Å². The third-order valence-electron chi connectivity index (χ3n) is 4.84. The van der Waals surface area contributed by atoms with Crippen LogP contribution in [0.15, 0.2) is 23.6 Å². The standard InChI is InChI=1S/C21H26N2O4S/c1-13-8-17(28-12-13)23-7-6-22(20(23)26)11-16-9-14(2)18(15(3)10-16)27-21(4,5)19(24)25/h8-10,12H,6-7,11H2,1-5H3,(H,24,25). The van der Waals surface area contributed by atoms with Gasteiger partial charge in [-0.2, -0.15) is 0 Å². The van der Waals surface area contributed by atoms with Gasteiger partial charge in [0.15, 0.2) is 5.60 Å². The summed E-state index contributed by atoms with van der Waals surface area (Å²) in [5.74, 6) is -0.429. The summed E-state index contributed by atoms with van der Waals surface area (Å²) in [6, 6.07) is 5.98. The molecular weight excluding hydrogens is 376 g/mol. The zero-order valence-corrected chi connectivity index (χ0v) is 17.7. The molecule has 0 bridgehead atoms. The summed E-state index contributed by atoms with van der Waals surface area (Å²) >= 11 is 1.59. The predicted molar refractivity (Wildman–Crippen MR) is 110 cm³/mol. The van der Waals surface area contributed by atoms with Crippen molar-refractivity contribution < 1.29 is 19.4 Å². The molecule has 1 aliphatic rings. The highest BCUT2D eigenvalue weighted by atomic mass is 32.1. The van der Waals surface area contributed by atoms with Crippen LogP contribution in [-0.2, 0) is 11.3 Å². The molecule has 1 N–H and O–H groups in total. The lowest BCUT2D eigenvalue weighted by Gasteiger charge is -2.25. The highest BCUT2D eigenvalue weighted by Crippen LogP contribution is 2.31. The fourth-order valence-corrected chi connectivity index (χ4v) is 4.23. The number of rotatable bonds is 6. The molecule has 6 nitrogen and oxygen atoms in total. The van der Waals surface area contributed by atoms with Gasteiger partial charge in [-0.25, -0.2) is 9.59 Å². The zero-order valence-electron chi connectivity index (χ0n) is 16.9. The molecule has 3 rings (SSSR count). The smallest absolute Gasteiger partial charge is 0.347 e. The number of carbonyl (C=O) groups is 2. The van der Waals surface area contributed by atoms with Crippen molar-refractivity contribution in [1.29, 1.82) is 0 Å². The van der Waals surface area contributed by atoms with Gasteiger partial charge in [0.05, 0.1) is 5.00 Å². The van der Waals surface area contributed by atoms with Crippen molar-refractivity contribution in [3.05, 3.63) is 45.8 Å². The van der Waals surface area contributed by atoms with Crippen LogP contribution >= 0.6 is 11.3 Å². The van der Waals surface area contributed by atoms with Crippen molar-refractivity contribution in [3.8, 4) is 5.75 Å². The molecular formula is C21H26N2O4S. The lowest BCUT2D eigenvalue weighted by molar-refractivity contribution is -0.152. The van der Waals surface area contributed by atoms with Gasteiger partial charge in [0, 0.05) is 19.6 Å². The van der Waals surface area contributed by atoms with E-state index in [1.165, 1.54) is 13.8 Å². The first-order valence-electron chi connectivity index (χ1n) is 9.22.